The van der Waals surface area contributed by atoms with Crippen LogP contribution in [0.1, 0.15) is 57.2 Å². The fraction of sp³-hybridized carbons (Fsp3) is 0.667. The Labute approximate surface area is 106 Å². The quantitative estimate of drug-likeness (QED) is 0.774. The van der Waals surface area contributed by atoms with Crippen LogP contribution in [0, 0.1) is 12.8 Å². The van der Waals surface area contributed by atoms with Crippen LogP contribution in [0.2, 0.25) is 0 Å². The molecule has 2 nitrogen and oxygen atoms in total. The van der Waals surface area contributed by atoms with Gasteiger partial charge in [-0.25, -0.2) is 0 Å². The lowest BCUT2D eigenvalue weighted by atomic mass is 9.87. The summed E-state index contributed by atoms with van der Waals surface area (Å²) in [6.07, 6.45) is 7.50. The molecule has 1 aromatic rings. The zero-order chi connectivity index (χ0) is 12.7. The molecule has 0 aliphatic rings. The second-order valence-corrected chi connectivity index (χ2v) is 4.74. The third kappa shape index (κ3) is 3.81. The molecule has 0 aliphatic heterocycles. The third-order valence-corrected chi connectivity index (χ3v) is 3.53. The van der Waals surface area contributed by atoms with E-state index in [9.17, 15) is 0 Å². The molecule has 1 N–H and O–H groups in total. The lowest BCUT2D eigenvalue weighted by Crippen LogP contribution is -2.29. The van der Waals surface area contributed by atoms with Gasteiger partial charge in [0.15, 0.2) is 0 Å². The molecule has 0 radical (unpaired) electrons. The van der Waals surface area contributed by atoms with Crippen molar-refractivity contribution in [2.45, 2.75) is 53.0 Å². The summed E-state index contributed by atoms with van der Waals surface area (Å²) in [6, 6.07) is 2.65. The van der Waals surface area contributed by atoms with Crippen molar-refractivity contribution in [2.75, 3.05) is 6.54 Å². The van der Waals surface area contributed by atoms with Gasteiger partial charge >= 0.3 is 0 Å². The van der Waals surface area contributed by atoms with Gasteiger partial charge in [-0.1, -0.05) is 33.6 Å². The van der Waals surface area contributed by atoms with Gasteiger partial charge in [0.2, 0.25) is 0 Å². The number of pyridine rings is 1. The highest BCUT2D eigenvalue weighted by Gasteiger charge is 2.20. The van der Waals surface area contributed by atoms with Crippen molar-refractivity contribution in [3.05, 3.63) is 29.6 Å². The fourth-order valence-corrected chi connectivity index (χ4v) is 2.42. The van der Waals surface area contributed by atoms with Gasteiger partial charge in [-0.15, -0.1) is 0 Å². The normalized spacial score (nSPS) is 13.0. The Balaban J connectivity index is 2.92. The number of nitrogens with zero attached hydrogens (tertiary/aromatic N) is 1. The van der Waals surface area contributed by atoms with Gasteiger partial charge in [-0.2, -0.15) is 0 Å². The van der Waals surface area contributed by atoms with E-state index >= 15 is 0 Å². The maximum absolute atomic E-state index is 4.19. The van der Waals surface area contributed by atoms with Crippen molar-refractivity contribution in [1.29, 1.82) is 0 Å². The van der Waals surface area contributed by atoms with Crippen LogP contribution in [0.5, 0.6) is 0 Å². The maximum atomic E-state index is 4.19. The molecule has 0 spiro atoms. The van der Waals surface area contributed by atoms with Crippen LogP contribution < -0.4 is 5.32 Å². The van der Waals surface area contributed by atoms with Gasteiger partial charge in [0.1, 0.15) is 0 Å². The Morgan fingerprint density at radius 1 is 1.24 bits per heavy atom. The molecular weight excluding hydrogens is 208 g/mol. The van der Waals surface area contributed by atoms with Crippen molar-refractivity contribution < 1.29 is 0 Å². The minimum absolute atomic E-state index is 0.480. The van der Waals surface area contributed by atoms with E-state index in [1.807, 2.05) is 12.4 Å². The molecule has 1 aromatic heterocycles. The smallest absolute Gasteiger partial charge is 0.0352 e. The van der Waals surface area contributed by atoms with Crippen LogP contribution in [0.3, 0.4) is 0 Å². The predicted octanol–water partition coefficient (Wildman–Crippen LogP) is 3.87. The highest BCUT2D eigenvalue weighted by atomic mass is 14.9. The first-order valence-corrected chi connectivity index (χ1v) is 6.88. The second kappa shape index (κ2) is 7.44. The van der Waals surface area contributed by atoms with E-state index in [4.69, 9.17) is 0 Å². The van der Waals surface area contributed by atoms with E-state index in [1.165, 1.54) is 30.4 Å². The van der Waals surface area contributed by atoms with Crippen LogP contribution in [-0.4, -0.2) is 11.5 Å². The molecule has 1 unspecified atom stereocenters. The number of rotatable bonds is 7. The Morgan fingerprint density at radius 3 is 2.47 bits per heavy atom. The van der Waals surface area contributed by atoms with Crippen molar-refractivity contribution in [2.24, 2.45) is 5.92 Å². The molecule has 0 aromatic carbocycles. The summed E-state index contributed by atoms with van der Waals surface area (Å²) in [7, 11) is 0. The zero-order valence-electron chi connectivity index (χ0n) is 11.7. The number of aryl methyl sites for hydroxylation is 1. The fourth-order valence-electron chi connectivity index (χ4n) is 2.42. The van der Waals surface area contributed by atoms with Crippen molar-refractivity contribution in [1.82, 2.24) is 10.3 Å². The highest BCUT2D eigenvalue weighted by molar-refractivity contribution is 5.26. The predicted molar refractivity (Wildman–Crippen MR) is 74.1 cm³/mol. The monoisotopic (exact) mass is 234 g/mol. The van der Waals surface area contributed by atoms with E-state index in [2.05, 4.69) is 44.1 Å². The topological polar surface area (TPSA) is 24.9 Å². The SMILES string of the molecule is CCCNC(c1ccncc1C)C(CC)CC. The number of aromatic nitrogens is 1. The van der Waals surface area contributed by atoms with Gasteiger partial charge in [-0.05, 0) is 43.0 Å². The zero-order valence-corrected chi connectivity index (χ0v) is 11.7. The standard InChI is InChI=1S/C15H26N2/c1-5-9-17-15(13(6-2)7-3)14-8-10-16-11-12(14)4/h8,10-11,13,15,17H,5-7,9H2,1-4H3. The largest absolute Gasteiger partial charge is 0.310 e. The molecule has 0 saturated heterocycles. The summed E-state index contributed by atoms with van der Waals surface area (Å²) in [5.74, 6) is 0.711. The molecular formula is C15H26N2. The average Bonchev–Trinajstić information content (AvgIpc) is 2.36. The molecule has 17 heavy (non-hydrogen) atoms. The molecule has 0 aliphatic carbocycles. The summed E-state index contributed by atoms with van der Waals surface area (Å²) < 4.78 is 0. The summed E-state index contributed by atoms with van der Waals surface area (Å²) in [4.78, 5) is 4.19. The van der Waals surface area contributed by atoms with E-state index in [0.717, 1.165) is 6.54 Å². The molecule has 1 heterocycles. The first kappa shape index (κ1) is 14.2. The molecule has 2 heteroatoms. The first-order chi connectivity index (χ1) is 8.24. The molecule has 0 fully saturated rings. The van der Waals surface area contributed by atoms with E-state index in [-0.39, 0.29) is 0 Å². The molecule has 1 atom stereocenters. The van der Waals surface area contributed by atoms with Crippen LogP contribution in [-0.2, 0) is 0 Å². The minimum Gasteiger partial charge on any atom is -0.310 e. The Hall–Kier alpha value is -0.890. The lowest BCUT2D eigenvalue weighted by Gasteiger charge is -2.28. The highest BCUT2D eigenvalue weighted by Crippen LogP contribution is 2.28. The Morgan fingerprint density at radius 2 is 1.94 bits per heavy atom. The minimum atomic E-state index is 0.480. The van der Waals surface area contributed by atoms with Crippen LogP contribution >= 0.6 is 0 Å². The van der Waals surface area contributed by atoms with E-state index in [0.29, 0.717) is 12.0 Å². The van der Waals surface area contributed by atoms with Crippen molar-refractivity contribution in [3.8, 4) is 0 Å². The van der Waals surface area contributed by atoms with E-state index < -0.39 is 0 Å². The first-order valence-electron chi connectivity index (χ1n) is 6.88. The Bertz CT molecular complexity index is 318. The van der Waals surface area contributed by atoms with Gasteiger partial charge in [0.05, 0.1) is 0 Å². The van der Waals surface area contributed by atoms with Gasteiger partial charge in [0, 0.05) is 18.4 Å². The maximum Gasteiger partial charge on any atom is 0.0352 e. The second-order valence-electron chi connectivity index (χ2n) is 4.74. The van der Waals surface area contributed by atoms with Gasteiger partial charge < -0.3 is 5.32 Å². The molecule has 0 saturated carbocycles. The van der Waals surface area contributed by atoms with Crippen LogP contribution in [0.25, 0.3) is 0 Å². The summed E-state index contributed by atoms with van der Waals surface area (Å²) in [5, 5.41) is 3.70. The van der Waals surface area contributed by atoms with Crippen LogP contribution in [0.15, 0.2) is 18.5 Å². The van der Waals surface area contributed by atoms with Crippen molar-refractivity contribution >= 4 is 0 Å². The van der Waals surface area contributed by atoms with Gasteiger partial charge in [-0.3, -0.25) is 4.98 Å². The molecule has 0 bridgehead atoms. The molecule has 0 amide bonds. The number of hydrogen-bond acceptors (Lipinski definition) is 2. The number of hydrogen-bond donors (Lipinski definition) is 1. The summed E-state index contributed by atoms with van der Waals surface area (Å²) in [5.41, 5.74) is 2.72. The number of nitrogens with one attached hydrogen (secondary N) is 1. The van der Waals surface area contributed by atoms with Crippen LogP contribution in [0.4, 0.5) is 0 Å². The van der Waals surface area contributed by atoms with Crippen molar-refractivity contribution in [3.63, 3.8) is 0 Å². The average molecular weight is 234 g/mol. The summed E-state index contributed by atoms with van der Waals surface area (Å²) in [6.45, 7) is 10.0. The van der Waals surface area contributed by atoms with E-state index in [1.54, 1.807) is 0 Å². The lowest BCUT2D eigenvalue weighted by molar-refractivity contribution is 0.340. The van der Waals surface area contributed by atoms with Gasteiger partial charge in [0.25, 0.3) is 0 Å². The summed E-state index contributed by atoms with van der Waals surface area (Å²) >= 11 is 0. The Kier molecular flexibility index (Phi) is 6.20. The third-order valence-electron chi connectivity index (χ3n) is 3.53. The molecule has 1 rings (SSSR count). The molecule has 96 valence electrons.